The SMILES string of the molecule is CC12C(CN3CCCC3)COCC1NCCN2C(=O)Cc1cccc(Cl)c1. The van der Waals surface area contributed by atoms with Crippen molar-refractivity contribution < 1.29 is 9.53 Å². The zero-order chi connectivity index (χ0) is 18.9. The molecule has 0 aromatic heterocycles. The van der Waals surface area contributed by atoms with Crippen LogP contribution in [0.15, 0.2) is 24.3 Å². The Morgan fingerprint density at radius 2 is 2.11 bits per heavy atom. The maximum atomic E-state index is 13.3. The lowest BCUT2D eigenvalue weighted by molar-refractivity contribution is -0.156. The van der Waals surface area contributed by atoms with E-state index in [9.17, 15) is 4.79 Å². The molecule has 0 saturated carbocycles. The van der Waals surface area contributed by atoms with Crippen LogP contribution in [0.3, 0.4) is 0 Å². The first-order chi connectivity index (χ1) is 13.1. The molecule has 1 aromatic rings. The second-order valence-corrected chi connectivity index (χ2v) is 8.76. The Balaban J connectivity index is 1.55. The molecule has 3 atom stereocenters. The van der Waals surface area contributed by atoms with E-state index in [0.29, 0.717) is 24.0 Å². The summed E-state index contributed by atoms with van der Waals surface area (Å²) >= 11 is 6.11. The van der Waals surface area contributed by atoms with Gasteiger partial charge in [-0.15, -0.1) is 0 Å². The number of ether oxygens (including phenoxy) is 1. The van der Waals surface area contributed by atoms with Gasteiger partial charge in [0.15, 0.2) is 0 Å². The molecule has 148 valence electrons. The van der Waals surface area contributed by atoms with Crippen LogP contribution in [0.1, 0.15) is 25.3 Å². The van der Waals surface area contributed by atoms with E-state index >= 15 is 0 Å². The normalized spacial score (nSPS) is 31.7. The Hall–Kier alpha value is -1.14. The molecule has 1 aromatic carbocycles. The van der Waals surface area contributed by atoms with Gasteiger partial charge >= 0.3 is 0 Å². The minimum absolute atomic E-state index is 0.191. The predicted molar refractivity (Wildman–Crippen MR) is 107 cm³/mol. The fourth-order valence-corrected chi connectivity index (χ4v) is 5.25. The number of hydrogen-bond acceptors (Lipinski definition) is 4. The van der Waals surface area contributed by atoms with Crippen molar-refractivity contribution in [1.82, 2.24) is 15.1 Å². The van der Waals surface area contributed by atoms with Crippen LogP contribution in [0.5, 0.6) is 0 Å². The molecular formula is C21H30ClN3O2. The van der Waals surface area contributed by atoms with Crippen molar-refractivity contribution in [2.24, 2.45) is 5.92 Å². The van der Waals surface area contributed by atoms with E-state index < -0.39 is 0 Å². The van der Waals surface area contributed by atoms with Gasteiger partial charge in [0.05, 0.1) is 31.2 Å². The van der Waals surface area contributed by atoms with Gasteiger partial charge in [0, 0.05) is 30.6 Å². The standard InChI is InChI=1S/C21H30ClN3O2/c1-21-17(13-24-8-2-3-9-24)14-27-15-19(21)23-7-10-25(21)20(26)12-16-5-4-6-18(22)11-16/h4-6,11,17,19,23H,2-3,7-10,12-15H2,1H3. The molecule has 0 radical (unpaired) electrons. The number of carbonyl (C=O) groups excluding carboxylic acids is 1. The summed E-state index contributed by atoms with van der Waals surface area (Å²) in [6, 6.07) is 7.83. The molecule has 3 unspecified atom stereocenters. The molecule has 0 bridgehead atoms. The second kappa shape index (κ2) is 8.08. The summed E-state index contributed by atoms with van der Waals surface area (Å²) in [5.41, 5.74) is 0.767. The number of halogens is 1. The molecule has 3 aliphatic heterocycles. The summed E-state index contributed by atoms with van der Waals surface area (Å²) in [6.45, 7) is 8.59. The van der Waals surface area contributed by atoms with Gasteiger partial charge in [-0.2, -0.15) is 0 Å². The average Bonchev–Trinajstić information content (AvgIpc) is 3.15. The second-order valence-electron chi connectivity index (χ2n) is 8.33. The van der Waals surface area contributed by atoms with E-state index in [2.05, 4.69) is 22.0 Å². The number of amides is 1. The summed E-state index contributed by atoms with van der Waals surface area (Å²) in [4.78, 5) is 18.0. The maximum absolute atomic E-state index is 13.3. The van der Waals surface area contributed by atoms with Gasteiger partial charge in [-0.3, -0.25) is 4.79 Å². The third kappa shape index (κ3) is 3.88. The molecule has 3 heterocycles. The van der Waals surface area contributed by atoms with E-state index in [1.807, 2.05) is 24.3 Å². The quantitative estimate of drug-likeness (QED) is 0.854. The molecule has 1 amide bonds. The summed E-state index contributed by atoms with van der Waals surface area (Å²) in [5, 5.41) is 4.30. The third-order valence-corrected chi connectivity index (χ3v) is 6.90. The van der Waals surface area contributed by atoms with Crippen LogP contribution in [0, 0.1) is 5.92 Å². The van der Waals surface area contributed by atoms with Gasteiger partial charge in [0.2, 0.25) is 5.91 Å². The lowest BCUT2D eigenvalue weighted by atomic mass is 9.74. The van der Waals surface area contributed by atoms with Crippen LogP contribution in [-0.4, -0.2) is 73.2 Å². The monoisotopic (exact) mass is 391 g/mol. The van der Waals surface area contributed by atoms with Crippen molar-refractivity contribution in [2.75, 3.05) is 45.9 Å². The highest BCUT2D eigenvalue weighted by atomic mass is 35.5. The molecule has 27 heavy (non-hydrogen) atoms. The Morgan fingerprint density at radius 1 is 1.30 bits per heavy atom. The minimum atomic E-state index is -0.214. The highest BCUT2D eigenvalue weighted by Crippen LogP contribution is 2.36. The minimum Gasteiger partial charge on any atom is -0.379 e. The van der Waals surface area contributed by atoms with E-state index in [4.69, 9.17) is 16.3 Å². The molecule has 5 nitrogen and oxygen atoms in total. The lowest BCUT2D eigenvalue weighted by Gasteiger charge is -2.57. The summed E-state index contributed by atoms with van der Waals surface area (Å²) in [6.07, 6.45) is 2.97. The van der Waals surface area contributed by atoms with E-state index in [1.165, 1.54) is 25.9 Å². The molecule has 3 aliphatic rings. The number of piperazine rings is 1. The number of carbonyl (C=O) groups is 1. The first-order valence-electron chi connectivity index (χ1n) is 10.2. The molecule has 0 spiro atoms. The number of nitrogens with one attached hydrogen (secondary N) is 1. The van der Waals surface area contributed by atoms with Crippen LogP contribution < -0.4 is 5.32 Å². The molecular weight excluding hydrogens is 362 g/mol. The number of nitrogens with zero attached hydrogens (tertiary/aromatic N) is 2. The van der Waals surface area contributed by atoms with E-state index in [-0.39, 0.29) is 17.5 Å². The van der Waals surface area contributed by atoms with Crippen molar-refractivity contribution in [3.05, 3.63) is 34.9 Å². The van der Waals surface area contributed by atoms with Crippen molar-refractivity contribution in [2.45, 2.75) is 37.8 Å². The van der Waals surface area contributed by atoms with Crippen molar-refractivity contribution in [3.8, 4) is 0 Å². The lowest BCUT2D eigenvalue weighted by Crippen LogP contribution is -2.74. The Labute approximate surface area is 167 Å². The molecule has 6 heteroatoms. The van der Waals surface area contributed by atoms with Gasteiger partial charge in [0.25, 0.3) is 0 Å². The third-order valence-electron chi connectivity index (χ3n) is 6.67. The number of rotatable bonds is 4. The van der Waals surface area contributed by atoms with Crippen LogP contribution in [0.2, 0.25) is 5.02 Å². The van der Waals surface area contributed by atoms with Crippen LogP contribution >= 0.6 is 11.6 Å². The number of hydrogen-bond donors (Lipinski definition) is 1. The fourth-order valence-electron chi connectivity index (χ4n) is 5.04. The Kier molecular flexibility index (Phi) is 5.74. The zero-order valence-electron chi connectivity index (χ0n) is 16.1. The number of benzene rings is 1. The van der Waals surface area contributed by atoms with E-state index in [0.717, 1.165) is 31.8 Å². The first kappa shape index (κ1) is 19.2. The zero-order valence-corrected chi connectivity index (χ0v) is 16.9. The van der Waals surface area contributed by atoms with Gasteiger partial charge < -0.3 is 19.9 Å². The van der Waals surface area contributed by atoms with Gasteiger partial charge in [-0.1, -0.05) is 23.7 Å². The van der Waals surface area contributed by atoms with Gasteiger partial charge in [-0.25, -0.2) is 0 Å². The fraction of sp³-hybridized carbons (Fsp3) is 0.667. The smallest absolute Gasteiger partial charge is 0.227 e. The topological polar surface area (TPSA) is 44.8 Å². The highest BCUT2D eigenvalue weighted by molar-refractivity contribution is 6.30. The number of fused-ring (bicyclic) bond motifs is 1. The summed E-state index contributed by atoms with van der Waals surface area (Å²) < 4.78 is 5.94. The molecule has 3 saturated heterocycles. The van der Waals surface area contributed by atoms with Crippen molar-refractivity contribution in [1.29, 1.82) is 0 Å². The molecule has 4 rings (SSSR count). The Morgan fingerprint density at radius 3 is 2.89 bits per heavy atom. The van der Waals surface area contributed by atoms with Crippen LogP contribution in [0.25, 0.3) is 0 Å². The van der Waals surface area contributed by atoms with Crippen molar-refractivity contribution >= 4 is 17.5 Å². The van der Waals surface area contributed by atoms with E-state index in [1.54, 1.807) is 0 Å². The van der Waals surface area contributed by atoms with Crippen molar-refractivity contribution in [3.63, 3.8) is 0 Å². The van der Waals surface area contributed by atoms with Gasteiger partial charge in [0.1, 0.15) is 0 Å². The first-order valence-corrected chi connectivity index (χ1v) is 10.5. The Bertz CT molecular complexity index is 677. The average molecular weight is 392 g/mol. The summed E-state index contributed by atoms with van der Waals surface area (Å²) in [7, 11) is 0. The highest BCUT2D eigenvalue weighted by Gasteiger charge is 2.52. The molecule has 1 N–H and O–H groups in total. The molecule has 3 fully saturated rings. The van der Waals surface area contributed by atoms with Crippen LogP contribution in [-0.2, 0) is 16.0 Å². The number of likely N-dealkylation sites (tertiary alicyclic amines) is 1. The van der Waals surface area contributed by atoms with Crippen LogP contribution in [0.4, 0.5) is 0 Å². The largest absolute Gasteiger partial charge is 0.379 e. The predicted octanol–water partition coefficient (Wildman–Crippen LogP) is 2.18. The molecule has 0 aliphatic carbocycles. The maximum Gasteiger partial charge on any atom is 0.227 e. The van der Waals surface area contributed by atoms with Gasteiger partial charge in [-0.05, 0) is 50.6 Å². The summed E-state index contributed by atoms with van der Waals surface area (Å²) in [5.74, 6) is 0.519.